The molecule has 30 heavy (non-hydrogen) atoms. The van der Waals surface area contributed by atoms with Crippen LogP contribution in [0.15, 0.2) is 30.6 Å². The number of anilines is 1. The smallest absolute Gasteiger partial charge is 0.378 e. The highest BCUT2D eigenvalue weighted by Crippen LogP contribution is 2.33. The van der Waals surface area contributed by atoms with E-state index in [0.29, 0.717) is 44.8 Å². The van der Waals surface area contributed by atoms with Gasteiger partial charge in [-0.3, -0.25) is 9.78 Å². The molecule has 2 fully saturated rings. The van der Waals surface area contributed by atoms with Crippen molar-refractivity contribution in [2.24, 2.45) is 0 Å². The molecule has 2 saturated heterocycles. The number of alkyl halides is 3. The van der Waals surface area contributed by atoms with Crippen LogP contribution in [-0.2, 0) is 15.7 Å². The number of carbonyl (C=O) groups excluding carboxylic acids is 1. The van der Waals surface area contributed by atoms with Gasteiger partial charge in [-0.1, -0.05) is 0 Å². The summed E-state index contributed by atoms with van der Waals surface area (Å²) in [5.41, 5.74) is -0.590. The largest absolute Gasteiger partial charge is 0.433 e. The van der Waals surface area contributed by atoms with E-state index in [1.165, 1.54) is 12.4 Å². The highest BCUT2D eigenvalue weighted by Gasteiger charge is 2.37. The number of nitrogens with zero attached hydrogens (tertiary/aromatic N) is 5. The van der Waals surface area contributed by atoms with Crippen molar-refractivity contribution in [1.29, 1.82) is 0 Å². The van der Waals surface area contributed by atoms with Gasteiger partial charge in [0, 0.05) is 43.7 Å². The van der Waals surface area contributed by atoms with Crippen molar-refractivity contribution in [1.82, 2.24) is 19.9 Å². The summed E-state index contributed by atoms with van der Waals surface area (Å²) in [5.74, 6) is -0.00329. The van der Waals surface area contributed by atoms with Gasteiger partial charge in [0.15, 0.2) is 11.5 Å². The molecule has 4 heterocycles. The molecule has 7 nitrogen and oxygen atoms in total. The SMILES string of the molecule is O=C(C1CCCCN1c1cc(C(F)(F)F)nc(-c2ccncc2)n1)N1CCOCC1. The molecule has 2 aromatic rings. The van der Waals surface area contributed by atoms with Crippen molar-refractivity contribution in [3.05, 3.63) is 36.3 Å². The molecule has 10 heteroatoms. The third kappa shape index (κ3) is 4.38. The minimum Gasteiger partial charge on any atom is -0.378 e. The Balaban J connectivity index is 1.72. The van der Waals surface area contributed by atoms with Gasteiger partial charge >= 0.3 is 6.18 Å². The molecular weight excluding hydrogens is 399 g/mol. The Bertz CT molecular complexity index is 888. The van der Waals surface area contributed by atoms with Crippen LogP contribution < -0.4 is 4.90 Å². The Morgan fingerprint density at radius 2 is 1.80 bits per heavy atom. The first-order chi connectivity index (χ1) is 14.4. The number of hydrogen-bond acceptors (Lipinski definition) is 6. The van der Waals surface area contributed by atoms with Gasteiger partial charge in [-0.15, -0.1) is 0 Å². The number of amides is 1. The summed E-state index contributed by atoms with van der Waals surface area (Å²) in [6, 6.07) is 3.52. The third-order valence-corrected chi connectivity index (χ3v) is 5.35. The maximum Gasteiger partial charge on any atom is 0.433 e. The zero-order valence-electron chi connectivity index (χ0n) is 16.3. The van der Waals surface area contributed by atoms with Crippen LogP contribution in [-0.4, -0.2) is 64.6 Å². The quantitative estimate of drug-likeness (QED) is 0.759. The van der Waals surface area contributed by atoms with Crippen LogP contribution in [0.5, 0.6) is 0 Å². The molecule has 1 atom stereocenters. The molecule has 1 amide bonds. The Hall–Kier alpha value is -2.75. The molecule has 0 aromatic carbocycles. The number of carbonyl (C=O) groups is 1. The maximum atomic E-state index is 13.6. The topological polar surface area (TPSA) is 71.5 Å². The van der Waals surface area contributed by atoms with Crippen LogP contribution in [0.25, 0.3) is 11.4 Å². The number of morpholine rings is 1. The second-order valence-corrected chi connectivity index (χ2v) is 7.31. The minimum atomic E-state index is -4.63. The molecule has 2 aromatic heterocycles. The lowest BCUT2D eigenvalue weighted by atomic mass is 10.0. The standard InChI is InChI=1S/C20H22F3N5O2/c21-20(22,23)16-13-17(26-18(25-16)14-4-6-24-7-5-14)28-8-2-1-3-15(28)19(29)27-9-11-30-12-10-27/h4-7,13,15H,1-3,8-12H2. The predicted molar refractivity (Wildman–Crippen MR) is 103 cm³/mol. The lowest BCUT2D eigenvalue weighted by Gasteiger charge is -2.39. The molecule has 0 N–H and O–H groups in total. The molecule has 160 valence electrons. The van der Waals surface area contributed by atoms with Gasteiger partial charge in [-0.2, -0.15) is 13.2 Å². The van der Waals surface area contributed by atoms with Crippen molar-refractivity contribution < 1.29 is 22.7 Å². The lowest BCUT2D eigenvalue weighted by Crippen LogP contribution is -2.54. The fourth-order valence-corrected chi connectivity index (χ4v) is 3.81. The van der Waals surface area contributed by atoms with Crippen LogP contribution in [0.2, 0.25) is 0 Å². The van der Waals surface area contributed by atoms with Crippen molar-refractivity contribution in [2.75, 3.05) is 37.7 Å². The Morgan fingerprint density at radius 3 is 2.50 bits per heavy atom. The van der Waals surface area contributed by atoms with Gasteiger partial charge in [-0.05, 0) is 31.4 Å². The Kier molecular flexibility index (Phi) is 5.85. The monoisotopic (exact) mass is 421 g/mol. The van der Waals surface area contributed by atoms with E-state index in [-0.39, 0.29) is 17.5 Å². The summed E-state index contributed by atoms with van der Waals surface area (Å²) in [4.78, 5) is 28.6. The van der Waals surface area contributed by atoms with E-state index in [1.54, 1.807) is 21.9 Å². The second kappa shape index (κ2) is 8.55. The van der Waals surface area contributed by atoms with Gasteiger partial charge in [-0.25, -0.2) is 9.97 Å². The first kappa shape index (κ1) is 20.5. The zero-order valence-corrected chi connectivity index (χ0v) is 16.3. The summed E-state index contributed by atoms with van der Waals surface area (Å²) in [5, 5.41) is 0. The van der Waals surface area contributed by atoms with E-state index in [1.807, 2.05) is 0 Å². The number of aromatic nitrogens is 3. The van der Waals surface area contributed by atoms with Crippen LogP contribution >= 0.6 is 0 Å². The molecule has 0 saturated carbocycles. The molecule has 2 aliphatic rings. The molecule has 0 bridgehead atoms. The zero-order chi connectivity index (χ0) is 21.1. The molecule has 0 aliphatic carbocycles. The van der Waals surface area contributed by atoms with Crippen LogP contribution in [0.3, 0.4) is 0 Å². The summed E-state index contributed by atoms with van der Waals surface area (Å²) in [6.45, 7) is 2.38. The number of ether oxygens (including phenoxy) is 1. The molecule has 0 radical (unpaired) electrons. The summed E-state index contributed by atoms with van der Waals surface area (Å²) in [7, 11) is 0. The number of pyridine rings is 1. The summed E-state index contributed by atoms with van der Waals surface area (Å²) >= 11 is 0. The summed E-state index contributed by atoms with van der Waals surface area (Å²) < 4.78 is 46.0. The van der Waals surface area contributed by atoms with Gasteiger partial charge in [0.25, 0.3) is 0 Å². The molecule has 1 unspecified atom stereocenters. The first-order valence-corrected chi connectivity index (χ1v) is 9.93. The Morgan fingerprint density at radius 1 is 1.07 bits per heavy atom. The fourth-order valence-electron chi connectivity index (χ4n) is 3.81. The van der Waals surface area contributed by atoms with Crippen LogP contribution in [0.1, 0.15) is 25.0 Å². The Labute approximate surface area is 171 Å². The lowest BCUT2D eigenvalue weighted by molar-refractivity contribution is -0.141. The van der Waals surface area contributed by atoms with Crippen molar-refractivity contribution in [3.8, 4) is 11.4 Å². The predicted octanol–water partition coefficient (Wildman–Crippen LogP) is 2.78. The molecule has 4 rings (SSSR count). The van der Waals surface area contributed by atoms with Crippen molar-refractivity contribution in [3.63, 3.8) is 0 Å². The van der Waals surface area contributed by atoms with Gasteiger partial charge in [0.2, 0.25) is 5.91 Å². The van der Waals surface area contributed by atoms with E-state index >= 15 is 0 Å². The number of halogens is 3. The van der Waals surface area contributed by atoms with Gasteiger partial charge in [0.05, 0.1) is 13.2 Å². The van der Waals surface area contributed by atoms with E-state index < -0.39 is 17.9 Å². The normalized spacial score (nSPS) is 20.3. The number of piperidine rings is 1. The molecule has 0 spiro atoms. The van der Waals surface area contributed by atoms with E-state index in [0.717, 1.165) is 18.9 Å². The summed E-state index contributed by atoms with van der Waals surface area (Å²) in [6.07, 6.45) is 0.522. The average Bonchev–Trinajstić information content (AvgIpc) is 2.79. The van der Waals surface area contributed by atoms with Gasteiger partial charge < -0.3 is 14.5 Å². The fraction of sp³-hybridized carbons (Fsp3) is 0.500. The van der Waals surface area contributed by atoms with Gasteiger partial charge in [0.1, 0.15) is 11.9 Å². The van der Waals surface area contributed by atoms with E-state index in [2.05, 4.69) is 15.0 Å². The van der Waals surface area contributed by atoms with Crippen LogP contribution in [0, 0.1) is 0 Å². The van der Waals surface area contributed by atoms with Crippen LogP contribution in [0.4, 0.5) is 19.0 Å². The van der Waals surface area contributed by atoms with Crippen molar-refractivity contribution >= 4 is 11.7 Å². The van der Waals surface area contributed by atoms with E-state index in [9.17, 15) is 18.0 Å². The highest BCUT2D eigenvalue weighted by molar-refractivity contribution is 5.85. The molecular formula is C20H22F3N5O2. The minimum absolute atomic E-state index is 0.0367. The number of rotatable bonds is 3. The third-order valence-electron chi connectivity index (χ3n) is 5.35. The van der Waals surface area contributed by atoms with Crippen molar-refractivity contribution in [2.45, 2.75) is 31.5 Å². The highest BCUT2D eigenvalue weighted by atomic mass is 19.4. The molecule has 2 aliphatic heterocycles. The maximum absolute atomic E-state index is 13.6. The number of hydrogen-bond donors (Lipinski definition) is 0. The second-order valence-electron chi connectivity index (χ2n) is 7.31. The average molecular weight is 421 g/mol. The first-order valence-electron chi connectivity index (χ1n) is 9.93. The van der Waals surface area contributed by atoms with E-state index in [4.69, 9.17) is 4.74 Å².